The highest BCUT2D eigenvalue weighted by atomic mass is 16.5. The number of ether oxygens (including phenoxy) is 1. The summed E-state index contributed by atoms with van der Waals surface area (Å²) in [5.41, 5.74) is 0.437. The lowest BCUT2D eigenvalue weighted by atomic mass is 9.65. The van der Waals surface area contributed by atoms with Crippen LogP contribution in [0.1, 0.15) is 48.0 Å². The Hall–Kier alpha value is -0.810. The fourth-order valence-corrected chi connectivity index (χ4v) is 2.85. The minimum atomic E-state index is 0.124. The monoisotopic (exact) mass is 326 g/mol. The predicted octanol–water partition coefficient (Wildman–Crippen LogP) is 2.43. The van der Waals surface area contributed by atoms with Crippen LogP contribution in [0.2, 0.25) is 0 Å². The largest absolute Gasteiger partial charge is 0.377 e. The lowest BCUT2D eigenvalue weighted by Crippen LogP contribution is -2.72. The van der Waals surface area contributed by atoms with Crippen molar-refractivity contribution in [3.63, 3.8) is 0 Å². The van der Waals surface area contributed by atoms with E-state index in [-0.39, 0.29) is 11.6 Å². The summed E-state index contributed by atoms with van der Waals surface area (Å²) in [6.07, 6.45) is 1.20. The third kappa shape index (κ3) is 5.08. The summed E-state index contributed by atoms with van der Waals surface area (Å²) >= 11 is 0. The number of nitrogens with zero attached hydrogens (tertiary/aromatic N) is 3. The highest BCUT2D eigenvalue weighted by Crippen LogP contribution is 2.46. The van der Waals surface area contributed by atoms with Crippen LogP contribution in [0.25, 0.3) is 0 Å². The van der Waals surface area contributed by atoms with E-state index in [2.05, 4.69) is 70.8 Å². The SMILES string of the molecule is CCNC(=NCC(CCN(C)C)OCC)N1CC(C)(C)C1(C)C. The topological polar surface area (TPSA) is 40.1 Å². The van der Waals surface area contributed by atoms with Crippen molar-refractivity contribution in [2.24, 2.45) is 10.4 Å². The van der Waals surface area contributed by atoms with Crippen LogP contribution >= 0.6 is 0 Å². The molecule has 0 aromatic rings. The van der Waals surface area contributed by atoms with Crippen molar-refractivity contribution >= 4 is 5.96 Å². The van der Waals surface area contributed by atoms with Gasteiger partial charge in [-0.3, -0.25) is 4.99 Å². The van der Waals surface area contributed by atoms with E-state index < -0.39 is 0 Å². The second-order valence-electron chi connectivity index (χ2n) is 7.89. The molecular formula is C18H38N4O. The van der Waals surface area contributed by atoms with Gasteiger partial charge in [0.15, 0.2) is 5.96 Å². The summed E-state index contributed by atoms with van der Waals surface area (Å²) in [7, 11) is 4.20. The van der Waals surface area contributed by atoms with Crippen LogP contribution < -0.4 is 5.32 Å². The van der Waals surface area contributed by atoms with E-state index >= 15 is 0 Å². The summed E-state index contributed by atoms with van der Waals surface area (Å²) in [6, 6.07) is 0. The van der Waals surface area contributed by atoms with Gasteiger partial charge in [-0.2, -0.15) is 0 Å². The van der Waals surface area contributed by atoms with Crippen molar-refractivity contribution in [3.05, 3.63) is 0 Å². The van der Waals surface area contributed by atoms with Gasteiger partial charge in [-0.05, 0) is 48.2 Å². The van der Waals surface area contributed by atoms with Crippen LogP contribution in [0.4, 0.5) is 0 Å². The number of guanidine groups is 1. The highest BCUT2D eigenvalue weighted by molar-refractivity contribution is 5.82. The number of aliphatic imine (C=N–C) groups is 1. The molecule has 1 fully saturated rings. The molecule has 0 aromatic carbocycles. The van der Waals surface area contributed by atoms with Crippen LogP contribution in [0, 0.1) is 5.41 Å². The molecule has 5 nitrogen and oxygen atoms in total. The average molecular weight is 327 g/mol. The molecule has 23 heavy (non-hydrogen) atoms. The van der Waals surface area contributed by atoms with Crippen molar-refractivity contribution in [1.29, 1.82) is 0 Å². The lowest BCUT2D eigenvalue weighted by Gasteiger charge is -2.62. The molecule has 0 spiro atoms. The third-order valence-electron chi connectivity index (χ3n) is 5.22. The number of likely N-dealkylation sites (tertiary alicyclic amines) is 1. The molecule has 0 aromatic heterocycles. The number of hydrogen-bond acceptors (Lipinski definition) is 3. The lowest BCUT2D eigenvalue weighted by molar-refractivity contribution is -0.0669. The molecule has 0 aliphatic carbocycles. The van der Waals surface area contributed by atoms with Crippen molar-refractivity contribution in [1.82, 2.24) is 15.1 Å². The van der Waals surface area contributed by atoms with E-state index in [9.17, 15) is 0 Å². The Balaban J connectivity index is 2.74. The molecule has 1 aliphatic rings. The first-order chi connectivity index (χ1) is 10.7. The molecule has 136 valence electrons. The van der Waals surface area contributed by atoms with Gasteiger partial charge >= 0.3 is 0 Å². The molecule has 1 heterocycles. The first-order valence-electron chi connectivity index (χ1n) is 8.98. The zero-order valence-electron chi connectivity index (χ0n) is 16.6. The zero-order valence-corrected chi connectivity index (χ0v) is 16.6. The van der Waals surface area contributed by atoms with Crippen molar-refractivity contribution in [2.45, 2.75) is 59.6 Å². The van der Waals surface area contributed by atoms with Crippen LogP contribution in [0.5, 0.6) is 0 Å². The molecule has 1 unspecified atom stereocenters. The fourth-order valence-electron chi connectivity index (χ4n) is 2.85. The van der Waals surface area contributed by atoms with Gasteiger partial charge in [0, 0.05) is 37.2 Å². The molecule has 5 heteroatoms. The molecular weight excluding hydrogens is 288 g/mol. The van der Waals surface area contributed by atoms with Gasteiger partial charge in [0.1, 0.15) is 0 Å². The first kappa shape index (κ1) is 20.2. The Bertz CT molecular complexity index is 390. The second kappa shape index (κ2) is 8.34. The molecule has 0 saturated carbocycles. The average Bonchev–Trinajstić information content (AvgIpc) is 2.46. The Morgan fingerprint density at radius 1 is 1.26 bits per heavy atom. The highest BCUT2D eigenvalue weighted by Gasteiger charge is 2.53. The molecule has 1 atom stereocenters. The summed E-state index contributed by atoms with van der Waals surface area (Å²) in [4.78, 5) is 9.47. The van der Waals surface area contributed by atoms with Crippen LogP contribution in [-0.2, 0) is 4.74 Å². The van der Waals surface area contributed by atoms with Gasteiger partial charge in [0.2, 0.25) is 0 Å². The molecule has 1 aliphatic heterocycles. The number of hydrogen-bond donors (Lipinski definition) is 1. The minimum Gasteiger partial charge on any atom is -0.377 e. The summed E-state index contributed by atoms with van der Waals surface area (Å²) in [5.74, 6) is 1.02. The smallest absolute Gasteiger partial charge is 0.194 e. The van der Waals surface area contributed by atoms with Crippen LogP contribution in [0.3, 0.4) is 0 Å². The molecule has 0 amide bonds. The predicted molar refractivity (Wildman–Crippen MR) is 99.1 cm³/mol. The zero-order chi connectivity index (χ0) is 17.7. The number of nitrogens with one attached hydrogen (secondary N) is 1. The van der Waals surface area contributed by atoms with E-state index in [0.29, 0.717) is 5.41 Å². The normalized spacial score (nSPS) is 21.3. The maximum absolute atomic E-state index is 5.87. The Morgan fingerprint density at radius 3 is 2.35 bits per heavy atom. The molecule has 1 N–H and O–H groups in total. The van der Waals surface area contributed by atoms with Gasteiger partial charge < -0.3 is 19.9 Å². The van der Waals surface area contributed by atoms with Crippen molar-refractivity contribution < 1.29 is 4.74 Å². The molecule has 0 bridgehead atoms. The van der Waals surface area contributed by atoms with Gasteiger partial charge in [-0.15, -0.1) is 0 Å². The summed E-state index contributed by atoms with van der Waals surface area (Å²) in [6.45, 7) is 17.9. The van der Waals surface area contributed by atoms with Gasteiger partial charge in [-0.1, -0.05) is 13.8 Å². The van der Waals surface area contributed by atoms with E-state index in [4.69, 9.17) is 9.73 Å². The van der Waals surface area contributed by atoms with Crippen LogP contribution in [0.15, 0.2) is 4.99 Å². The van der Waals surface area contributed by atoms with Crippen molar-refractivity contribution in [3.8, 4) is 0 Å². The van der Waals surface area contributed by atoms with E-state index in [1.807, 2.05) is 0 Å². The minimum absolute atomic E-state index is 0.124. The van der Waals surface area contributed by atoms with Gasteiger partial charge in [-0.25, -0.2) is 0 Å². The number of rotatable bonds is 8. The summed E-state index contributed by atoms with van der Waals surface area (Å²) < 4.78 is 5.87. The van der Waals surface area contributed by atoms with Crippen molar-refractivity contribution in [2.75, 3.05) is 46.9 Å². The van der Waals surface area contributed by atoms with E-state index in [1.54, 1.807) is 0 Å². The maximum Gasteiger partial charge on any atom is 0.194 e. The standard InChI is InChI=1S/C18H38N4O/c1-9-19-16(22-14-17(3,4)18(22,5)6)20-13-15(23-10-2)11-12-21(7)8/h15H,9-14H2,1-8H3,(H,19,20). The van der Waals surface area contributed by atoms with Gasteiger partial charge in [0.25, 0.3) is 0 Å². The molecule has 0 radical (unpaired) electrons. The Labute approximate surface area is 143 Å². The summed E-state index contributed by atoms with van der Waals surface area (Å²) in [5, 5.41) is 3.45. The Kier molecular flexibility index (Phi) is 7.33. The third-order valence-corrected chi connectivity index (χ3v) is 5.22. The fraction of sp³-hybridized carbons (Fsp3) is 0.944. The first-order valence-corrected chi connectivity index (χ1v) is 8.98. The van der Waals surface area contributed by atoms with E-state index in [1.165, 1.54) is 0 Å². The van der Waals surface area contributed by atoms with E-state index in [0.717, 1.165) is 45.2 Å². The molecule has 1 saturated heterocycles. The molecule has 1 rings (SSSR count). The maximum atomic E-state index is 5.87. The second-order valence-corrected chi connectivity index (χ2v) is 7.89. The van der Waals surface area contributed by atoms with Gasteiger partial charge in [0.05, 0.1) is 12.6 Å². The Morgan fingerprint density at radius 2 is 1.91 bits per heavy atom. The quantitative estimate of drug-likeness (QED) is 0.549. The van der Waals surface area contributed by atoms with Crippen LogP contribution in [-0.4, -0.2) is 74.3 Å².